The van der Waals surface area contributed by atoms with Crippen LogP contribution in [0.4, 0.5) is 5.13 Å². The van der Waals surface area contributed by atoms with Crippen LogP contribution in [0.25, 0.3) is 0 Å². The number of halogens is 2. The fourth-order valence-electron chi connectivity index (χ4n) is 1.70. The number of anilines is 1. The minimum absolute atomic E-state index is 0.339. The van der Waals surface area contributed by atoms with Gasteiger partial charge in [0.1, 0.15) is 4.34 Å². The Hall–Kier alpha value is -1.12. The molecule has 0 saturated carbocycles. The Morgan fingerprint density at radius 2 is 1.96 bits per heavy atom. The van der Waals surface area contributed by atoms with E-state index in [9.17, 15) is 4.79 Å². The molecule has 0 aliphatic carbocycles. The molecule has 23 heavy (non-hydrogen) atoms. The lowest BCUT2D eigenvalue weighted by Crippen LogP contribution is -2.11. The van der Waals surface area contributed by atoms with Crippen molar-refractivity contribution in [3.8, 4) is 0 Å². The predicted octanol–water partition coefficient (Wildman–Crippen LogP) is 5.45. The Morgan fingerprint density at radius 1 is 1.17 bits per heavy atom. The van der Waals surface area contributed by atoms with Crippen molar-refractivity contribution < 1.29 is 4.79 Å². The van der Waals surface area contributed by atoms with E-state index < -0.39 is 0 Å². The third kappa shape index (κ3) is 4.45. The number of hydrogen-bond acceptors (Lipinski definition) is 6. The van der Waals surface area contributed by atoms with Gasteiger partial charge in [-0.15, -0.1) is 21.5 Å². The van der Waals surface area contributed by atoms with Gasteiger partial charge in [-0.3, -0.25) is 10.1 Å². The summed E-state index contributed by atoms with van der Waals surface area (Å²) >= 11 is 15.9. The van der Waals surface area contributed by atoms with Crippen LogP contribution in [0.15, 0.2) is 40.7 Å². The number of carbonyl (C=O) groups is 1. The number of nitrogens with one attached hydrogen (secondary N) is 1. The van der Waals surface area contributed by atoms with E-state index in [2.05, 4.69) is 27.6 Å². The van der Waals surface area contributed by atoms with Gasteiger partial charge in [0, 0.05) is 5.75 Å². The van der Waals surface area contributed by atoms with Crippen LogP contribution in [-0.4, -0.2) is 16.1 Å². The monoisotopic (exact) mass is 401 g/mol. The molecule has 3 rings (SSSR count). The second-order valence-corrected chi connectivity index (χ2v) is 8.82. The van der Waals surface area contributed by atoms with Crippen LogP contribution in [0.5, 0.6) is 0 Å². The molecule has 0 fully saturated rings. The van der Waals surface area contributed by atoms with E-state index in [1.165, 1.54) is 23.0 Å². The van der Waals surface area contributed by atoms with E-state index in [0.29, 0.717) is 19.4 Å². The molecule has 4 nitrogen and oxygen atoms in total. The number of thioether (sulfide) groups is 1. The minimum Gasteiger partial charge on any atom is -0.296 e. The van der Waals surface area contributed by atoms with Gasteiger partial charge in [-0.25, -0.2) is 0 Å². The van der Waals surface area contributed by atoms with E-state index in [-0.39, 0.29) is 5.91 Å². The molecule has 0 aliphatic rings. The maximum absolute atomic E-state index is 12.1. The first-order valence-electron chi connectivity index (χ1n) is 6.38. The Labute approximate surface area is 154 Å². The van der Waals surface area contributed by atoms with Gasteiger partial charge in [0.15, 0.2) is 4.34 Å². The smallest absolute Gasteiger partial charge is 0.259 e. The average molecular weight is 402 g/mol. The highest BCUT2D eigenvalue weighted by molar-refractivity contribution is 8.00. The summed E-state index contributed by atoms with van der Waals surface area (Å²) < 4.78 is 1.62. The molecule has 3 aromatic rings. The van der Waals surface area contributed by atoms with E-state index >= 15 is 0 Å². The van der Waals surface area contributed by atoms with Crippen molar-refractivity contribution in [1.29, 1.82) is 0 Å². The van der Waals surface area contributed by atoms with Gasteiger partial charge in [0.05, 0.1) is 9.90 Å². The maximum atomic E-state index is 12.1. The number of thiophene rings is 1. The Kier molecular flexibility index (Phi) is 5.55. The normalized spacial score (nSPS) is 10.7. The first kappa shape index (κ1) is 16.7. The zero-order valence-electron chi connectivity index (χ0n) is 11.5. The molecule has 9 heteroatoms. The van der Waals surface area contributed by atoms with Crippen LogP contribution >= 0.6 is 57.6 Å². The van der Waals surface area contributed by atoms with Crippen molar-refractivity contribution in [1.82, 2.24) is 10.2 Å². The second-order valence-electron chi connectivity index (χ2n) is 4.34. The summed E-state index contributed by atoms with van der Waals surface area (Å²) in [7, 11) is 0. The molecule has 1 N–H and O–H groups in total. The van der Waals surface area contributed by atoms with Gasteiger partial charge in [-0.05, 0) is 11.6 Å². The molecule has 0 unspecified atom stereocenters. The molecule has 2 aromatic heterocycles. The lowest BCUT2D eigenvalue weighted by atomic mass is 10.2. The predicted molar refractivity (Wildman–Crippen MR) is 98.2 cm³/mol. The highest BCUT2D eigenvalue weighted by Gasteiger charge is 2.16. The van der Waals surface area contributed by atoms with Gasteiger partial charge >= 0.3 is 0 Å². The fourth-order valence-corrected chi connectivity index (χ4v) is 4.86. The van der Waals surface area contributed by atoms with Gasteiger partial charge in [-0.1, -0.05) is 76.6 Å². The molecular formula is C14H9Cl2N3OS3. The van der Waals surface area contributed by atoms with Crippen molar-refractivity contribution in [3.63, 3.8) is 0 Å². The average Bonchev–Trinajstić information content (AvgIpc) is 3.12. The summed E-state index contributed by atoms with van der Waals surface area (Å²) in [4.78, 5) is 12.1. The number of nitrogens with zero attached hydrogens (tertiary/aromatic N) is 2. The Morgan fingerprint density at radius 3 is 2.65 bits per heavy atom. The molecule has 1 aromatic carbocycles. The first-order valence-corrected chi connectivity index (χ1v) is 9.75. The van der Waals surface area contributed by atoms with Crippen LogP contribution in [-0.2, 0) is 5.75 Å². The molecule has 0 bridgehead atoms. The molecule has 2 heterocycles. The molecular weight excluding hydrogens is 393 g/mol. The number of benzene rings is 1. The summed E-state index contributed by atoms with van der Waals surface area (Å²) in [6.45, 7) is 0. The number of aromatic nitrogens is 2. The maximum Gasteiger partial charge on any atom is 0.259 e. The van der Waals surface area contributed by atoms with Crippen molar-refractivity contribution >= 4 is 68.7 Å². The third-order valence-electron chi connectivity index (χ3n) is 2.73. The molecule has 0 aliphatic heterocycles. The molecule has 0 spiro atoms. The molecule has 0 atom stereocenters. The summed E-state index contributed by atoms with van der Waals surface area (Å²) in [6.07, 6.45) is 0. The zero-order valence-corrected chi connectivity index (χ0v) is 15.4. The quantitative estimate of drug-likeness (QED) is 0.455. The summed E-state index contributed by atoms with van der Waals surface area (Å²) in [5.74, 6) is 0.462. The standard InChI is InChI=1S/C14H9Cl2N3OS3/c15-10-6-9(11(16)22-10)12(20)17-13-18-19-14(23-13)21-7-8-4-2-1-3-5-8/h1-6H,7H2,(H,17,18,20). The van der Waals surface area contributed by atoms with Crippen molar-refractivity contribution in [2.75, 3.05) is 5.32 Å². The third-order valence-corrected chi connectivity index (χ3v) is 6.26. The Balaban J connectivity index is 1.61. The van der Waals surface area contributed by atoms with Crippen molar-refractivity contribution in [2.45, 2.75) is 10.1 Å². The topological polar surface area (TPSA) is 54.9 Å². The van der Waals surface area contributed by atoms with E-state index in [1.807, 2.05) is 18.2 Å². The van der Waals surface area contributed by atoms with Gasteiger partial charge < -0.3 is 0 Å². The largest absolute Gasteiger partial charge is 0.296 e. The van der Waals surface area contributed by atoms with Crippen LogP contribution < -0.4 is 5.32 Å². The summed E-state index contributed by atoms with van der Waals surface area (Å²) in [6, 6.07) is 11.6. The van der Waals surface area contributed by atoms with E-state index in [0.717, 1.165) is 21.4 Å². The van der Waals surface area contributed by atoms with E-state index in [4.69, 9.17) is 23.2 Å². The molecule has 0 radical (unpaired) electrons. The fraction of sp³-hybridized carbons (Fsp3) is 0.0714. The number of hydrogen-bond donors (Lipinski definition) is 1. The molecule has 1 amide bonds. The SMILES string of the molecule is O=C(Nc1nnc(SCc2ccccc2)s1)c1cc(Cl)sc1Cl. The van der Waals surface area contributed by atoms with Crippen LogP contribution in [0.3, 0.4) is 0 Å². The summed E-state index contributed by atoms with van der Waals surface area (Å²) in [5, 5.41) is 11.2. The Bertz CT molecular complexity index is 820. The highest BCUT2D eigenvalue weighted by atomic mass is 35.5. The van der Waals surface area contributed by atoms with Crippen LogP contribution in [0.2, 0.25) is 8.67 Å². The molecule has 118 valence electrons. The highest BCUT2D eigenvalue weighted by Crippen LogP contribution is 2.32. The number of amides is 1. The second kappa shape index (κ2) is 7.63. The zero-order chi connectivity index (χ0) is 16.2. The van der Waals surface area contributed by atoms with Crippen LogP contribution in [0.1, 0.15) is 15.9 Å². The summed E-state index contributed by atoms with van der Waals surface area (Å²) in [5.41, 5.74) is 1.55. The van der Waals surface area contributed by atoms with Gasteiger partial charge in [0.2, 0.25) is 5.13 Å². The van der Waals surface area contributed by atoms with Gasteiger partial charge in [-0.2, -0.15) is 0 Å². The lowest BCUT2D eigenvalue weighted by molar-refractivity contribution is 0.102. The van der Waals surface area contributed by atoms with Crippen molar-refractivity contribution in [3.05, 3.63) is 56.2 Å². The van der Waals surface area contributed by atoms with E-state index in [1.54, 1.807) is 11.8 Å². The number of carbonyl (C=O) groups excluding carboxylic acids is 1. The van der Waals surface area contributed by atoms with Crippen LogP contribution in [0, 0.1) is 0 Å². The minimum atomic E-state index is -0.339. The lowest BCUT2D eigenvalue weighted by Gasteiger charge is -1.98. The molecule has 0 saturated heterocycles. The first-order chi connectivity index (χ1) is 11.1. The van der Waals surface area contributed by atoms with Crippen molar-refractivity contribution in [2.24, 2.45) is 0 Å². The van der Waals surface area contributed by atoms with Gasteiger partial charge in [0.25, 0.3) is 5.91 Å². The number of rotatable bonds is 5.